The Morgan fingerprint density at radius 2 is 2.38 bits per heavy atom. The number of carbonyl (C=O) groups excluding carboxylic acids is 1. The maximum Gasteiger partial charge on any atom is 0.380 e. The largest absolute Gasteiger partial charge is 0.446 e. The van der Waals surface area contributed by atoms with E-state index in [0.29, 0.717) is 5.71 Å². The molecule has 5 nitrogen and oxygen atoms in total. The molecule has 0 spiro atoms. The van der Waals surface area contributed by atoms with Crippen LogP contribution in [0.5, 0.6) is 0 Å². The average molecular weight is 178 g/mol. The molecule has 1 aliphatic carbocycles. The Bertz CT molecular complexity index is 366. The highest BCUT2D eigenvalue weighted by molar-refractivity contribution is 6.40. The summed E-state index contributed by atoms with van der Waals surface area (Å²) < 4.78 is 4.90. The molecule has 1 heterocycles. The third kappa shape index (κ3) is 1.24. The van der Waals surface area contributed by atoms with E-state index in [4.69, 9.17) is 9.94 Å². The van der Waals surface area contributed by atoms with E-state index in [1.54, 1.807) is 24.3 Å². The molecule has 0 saturated carbocycles. The first-order chi connectivity index (χ1) is 6.31. The van der Waals surface area contributed by atoms with Crippen LogP contribution in [0.1, 0.15) is 0 Å². The van der Waals surface area contributed by atoms with Crippen LogP contribution in [0.4, 0.5) is 0 Å². The van der Waals surface area contributed by atoms with Gasteiger partial charge in [-0.05, 0) is 12.2 Å². The summed E-state index contributed by atoms with van der Waals surface area (Å²) in [6, 6.07) is 0. The lowest BCUT2D eigenvalue weighted by atomic mass is 10.1. The minimum atomic E-state index is -0.712. The number of hydrogen-bond donors (Lipinski definition) is 1. The molecule has 1 atom stereocenters. The van der Waals surface area contributed by atoms with Crippen molar-refractivity contribution in [1.29, 1.82) is 0 Å². The number of carbonyl (C=O) groups is 1. The van der Waals surface area contributed by atoms with Gasteiger partial charge in [-0.15, -0.1) is 0 Å². The van der Waals surface area contributed by atoms with Crippen LogP contribution in [0.3, 0.4) is 0 Å². The number of ether oxygens (including phenoxy) is 1. The number of aliphatic imine (C=N–C) groups is 1. The fraction of sp³-hybridized carbons (Fsp3) is 0.125. The van der Waals surface area contributed by atoms with Gasteiger partial charge < -0.3 is 9.94 Å². The lowest BCUT2D eigenvalue weighted by molar-refractivity contribution is -0.137. The zero-order chi connectivity index (χ0) is 9.26. The Balaban J connectivity index is 2.40. The average Bonchev–Trinajstić information content (AvgIpc) is 2.17. The van der Waals surface area contributed by atoms with E-state index >= 15 is 0 Å². The van der Waals surface area contributed by atoms with Crippen molar-refractivity contribution in [3.63, 3.8) is 0 Å². The van der Waals surface area contributed by atoms with Crippen LogP contribution >= 0.6 is 0 Å². The predicted molar refractivity (Wildman–Crippen MR) is 44.8 cm³/mol. The summed E-state index contributed by atoms with van der Waals surface area (Å²) in [5, 5.41) is 11.1. The Morgan fingerprint density at radius 1 is 1.54 bits per heavy atom. The highest BCUT2D eigenvalue weighted by Gasteiger charge is 2.27. The molecule has 0 aromatic heterocycles. The van der Waals surface area contributed by atoms with E-state index in [2.05, 4.69) is 10.1 Å². The molecule has 13 heavy (non-hydrogen) atoms. The van der Waals surface area contributed by atoms with E-state index in [-0.39, 0.29) is 5.84 Å². The summed E-state index contributed by atoms with van der Waals surface area (Å²) in [5.41, 5.74) is 0.565. The van der Waals surface area contributed by atoms with Crippen molar-refractivity contribution in [3.05, 3.63) is 24.3 Å². The summed E-state index contributed by atoms with van der Waals surface area (Å²) in [6.45, 7) is 0. The Kier molecular flexibility index (Phi) is 1.70. The second-order valence-electron chi connectivity index (χ2n) is 2.53. The lowest BCUT2D eigenvalue weighted by Crippen LogP contribution is -2.35. The SMILES string of the molecule is O=C1OC2C=CC=CC2=NC1=NO. The molecule has 66 valence electrons. The number of esters is 1. The van der Waals surface area contributed by atoms with Gasteiger partial charge in [0.05, 0.1) is 5.71 Å². The minimum absolute atomic E-state index is 0.314. The maximum absolute atomic E-state index is 11.0. The molecular formula is C8H6N2O3. The third-order valence-electron chi connectivity index (χ3n) is 1.70. The Hall–Kier alpha value is -1.91. The van der Waals surface area contributed by atoms with E-state index < -0.39 is 12.1 Å². The number of rotatable bonds is 0. The van der Waals surface area contributed by atoms with Gasteiger partial charge in [-0.25, -0.2) is 9.79 Å². The smallest absolute Gasteiger partial charge is 0.380 e. The van der Waals surface area contributed by atoms with Gasteiger partial charge in [-0.3, -0.25) is 0 Å². The number of nitrogens with zero attached hydrogens (tertiary/aromatic N) is 2. The molecule has 2 aliphatic rings. The molecular weight excluding hydrogens is 172 g/mol. The van der Waals surface area contributed by atoms with Gasteiger partial charge in [0.25, 0.3) is 5.84 Å². The van der Waals surface area contributed by atoms with Gasteiger partial charge in [-0.1, -0.05) is 17.3 Å². The monoisotopic (exact) mass is 178 g/mol. The van der Waals surface area contributed by atoms with Crippen LogP contribution in [0.2, 0.25) is 0 Å². The first-order valence-corrected chi connectivity index (χ1v) is 3.68. The molecule has 0 fully saturated rings. The Morgan fingerprint density at radius 3 is 3.15 bits per heavy atom. The van der Waals surface area contributed by atoms with Crippen molar-refractivity contribution in [2.75, 3.05) is 0 Å². The van der Waals surface area contributed by atoms with Crippen molar-refractivity contribution in [2.45, 2.75) is 6.10 Å². The topological polar surface area (TPSA) is 71.2 Å². The van der Waals surface area contributed by atoms with Crippen LogP contribution < -0.4 is 0 Å². The number of hydrogen-bond acceptors (Lipinski definition) is 4. The van der Waals surface area contributed by atoms with E-state index in [9.17, 15) is 4.79 Å². The van der Waals surface area contributed by atoms with Crippen LogP contribution in [-0.2, 0) is 9.53 Å². The standard InChI is InChI=1S/C8H6N2O3/c11-8-7(10-12)9-5-3-1-2-4-6(5)13-8/h1-4,6,12H. The first-order valence-electron chi connectivity index (χ1n) is 3.68. The fourth-order valence-electron chi connectivity index (χ4n) is 1.11. The van der Waals surface area contributed by atoms with Gasteiger partial charge in [0.15, 0.2) is 6.10 Å². The summed E-state index contributed by atoms with van der Waals surface area (Å²) in [5.74, 6) is -1.03. The van der Waals surface area contributed by atoms with E-state index in [1.807, 2.05) is 0 Å². The van der Waals surface area contributed by atoms with E-state index in [1.165, 1.54) is 0 Å². The molecule has 0 aromatic rings. The van der Waals surface area contributed by atoms with Crippen LogP contribution in [0.25, 0.3) is 0 Å². The van der Waals surface area contributed by atoms with Crippen molar-refractivity contribution in [1.82, 2.24) is 0 Å². The molecule has 1 N–H and O–H groups in total. The lowest BCUT2D eigenvalue weighted by Gasteiger charge is -2.20. The predicted octanol–water partition coefficient (Wildman–Crippen LogP) is 0.267. The summed E-state index contributed by atoms with van der Waals surface area (Å²) in [4.78, 5) is 14.8. The highest BCUT2D eigenvalue weighted by Crippen LogP contribution is 2.11. The zero-order valence-corrected chi connectivity index (χ0v) is 6.54. The van der Waals surface area contributed by atoms with Crippen LogP contribution in [0, 0.1) is 0 Å². The number of fused-ring (bicyclic) bond motifs is 1. The molecule has 0 aromatic carbocycles. The molecule has 0 amide bonds. The number of amidine groups is 1. The molecule has 0 radical (unpaired) electrons. The first kappa shape index (κ1) is 7.72. The molecule has 2 rings (SSSR count). The summed E-state index contributed by atoms with van der Waals surface area (Å²) in [7, 11) is 0. The van der Waals surface area contributed by atoms with Crippen LogP contribution in [-0.4, -0.2) is 28.8 Å². The van der Waals surface area contributed by atoms with E-state index in [0.717, 1.165) is 0 Å². The van der Waals surface area contributed by atoms with Gasteiger partial charge in [0, 0.05) is 0 Å². The molecule has 5 heteroatoms. The van der Waals surface area contributed by atoms with Gasteiger partial charge in [0.1, 0.15) is 0 Å². The summed E-state index contributed by atoms with van der Waals surface area (Å²) >= 11 is 0. The van der Waals surface area contributed by atoms with Crippen molar-refractivity contribution in [3.8, 4) is 0 Å². The van der Waals surface area contributed by atoms with Crippen LogP contribution in [0.15, 0.2) is 34.5 Å². The normalized spacial score (nSPS) is 28.3. The fourth-order valence-corrected chi connectivity index (χ4v) is 1.11. The molecule has 0 bridgehead atoms. The van der Waals surface area contributed by atoms with Gasteiger partial charge in [-0.2, -0.15) is 0 Å². The molecule has 1 aliphatic heterocycles. The summed E-state index contributed by atoms with van der Waals surface area (Å²) in [6.07, 6.45) is 6.48. The number of allylic oxidation sites excluding steroid dienone is 2. The zero-order valence-electron chi connectivity index (χ0n) is 6.54. The Labute approximate surface area is 73.7 Å². The highest BCUT2D eigenvalue weighted by atomic mass is 16.6. The van der Waals surface area contributed by atoms with Crippen molar-refractivity contribution >= 4 is 17.5 Å². The number of oxime groups is 1. The second kappa shape index (κ2) is 2.85. The minimum Gasteiger partial charge on any atom is -0.446 e. The quantitative estimate of drug-likeness (QED) is 0.328. The maximum atomic E-state index is 11.0. The van der Waals surface area contributed by atoms with Crippen molar-refractivity contribution < 1.29 is 14.7 Å². The third-order valence-corrected chi connectivity index (χ3v) is 1.70. The second-order valence-corrected chi connectivity index (χ2v) is 2.53. The molecule has 0 saturated heterocycles. The van der Waals surface area contributed by atoms with Gasteiger partial charge in [0.2, 0.25) is 0 Å². The molecule has 1 unspecified atom stereocenters. The van der Waals surface area contributed by atoms with Crippen molar-refractivity contribution in [2.24, 2.45) is 10.1 Å². The van der Waals surface area contributed by atoms with Gasteiger partial charge >= 0.3 is 5.97 Å².